The van der Waals surface area contributed by atoms with E-state index in [1.807, 2.05) is 0 Å². The highest BCUT2D eigenvalue weighted by Gasteiger charge is 2.35. The number of ether oxygens (including phenoxy) is 1. The van der Waals surface area contributed by atoms with Crippen LogP contribution in [0.15, 0.2) is 68.2 Å². The van der Waals surface area contributed by atoms with Crippen molar-refractivity contribution in [2.24, 2.45) is 0 Å². The summed E-state index contributed by atoms with van der Waals surface area (Å²) >= 11 is 2.65. The molecule has 57 heavy (non-hydrogen) atoms. The molecule has 306 valence electrons. The van der Waals surface area contributed by atoms with E-state index in [4.69, 9.17) is 4.74 Å². The van der Waals surface area contributed by atoms with E-state index in [1.54, 1.807) is 0 Å². The van der Waals surface area contributed by atoms with E-state index in [2.05, 4.69) is 13.8 Å². The number of unbranched alkanes of at least 4 members (excludes halogenated alkanes) is 8. The van der Waals surface area contributed by atoms with Crippen LogP contribution in [-0.2, 0) is 27.2 Å². The van der Waals surface area contributed by atoms with Crippen LogP contribution in [0.1, 0.15) is 101 Å². The molecule has 0 bridgehead atoms. The summed E-state index contributed by atoms with van der Waals surface area (Å²) in [5.74, 6) is -4.70. The fourth-order valence-corrected chi connectivity index (χ4v) is 9.99. The van der Waals surface area contributed by atoms with Crippen molar-refractivity contribution in [1.82, 2.24) is 9.13 Å². The summed E-state index contributed by atoms with van der Waals surface area (Å²) in [4.78, 5) is 49.1. The number of nitrogens with zero attached hydrogens (tertiary/aromatic N) is 2. The van der Waals surface area contributed by atoms with Crippen LogP contribution in [0.5, 0.6) is 0 Å². The van der Waals surface area contributed by atoms with Crippen molar-refractivity contribution in [1.29, 1.82) is 0 Å². The summed E-state index contributed by atoms with van der Waals surface area (Å²) < 4.78 is 62.3. The van der Waals surface area contributed by atoms with Crippen molar-refractivity contribution in [3.8, 4) is 22.3 Å². The molecule has 4 aromatic rings. The Morgan fingerprint density at radius 3 is 1.47 bits per heavy atom. The molecule has 2 atom stereocenters. The van der Waals surface area contributed by atoms with Crippen molar-refractivity contribution >= 4 is 35.5 Å². The van der Waals surface area contributed by atoms with E-state index in [9.17, 15) is 41.8 Å². The van der Waals surface area contributed by atoms with Crippen LogP contribution < -0.4 is 11.1 Å². The topological polar surface area (TPSA) is 108 Å². The number of hydrogen-bond acceptors (Lipinski definition) is 7. The Bertz CT molecular complexity index is 2210. The van der Waals surface area contributed by atoms with E-state index in [-0.39, 0.29) is 16.9 Å². The highest BCUT2D eigenvalue weighted by molar-refractivity contribution is 7.99. The number of aryl methyl sites for hydroxylation is 2. The SMILES string of the molecule is CCCCCCCc1cc(=O)n2c(c1-c1ccc(F)c(F)c1)SC[C@@H]2C(=O)O.CCCCCCCc1cc(=O)n2c(c1-c1ccc(F)c(F)c1)SC[C@@H]2C(=O)OC. The number of benzene rings is 2. The van der Waals surface area contributed by atoms with Gasteiger partial charge in [0.15, 0.2) is 23.3 Å². The van der Waals surface area contributed by atoms with E-state index in [0.717, 1.165) is 93.2 Å². The molecule has 2 aliphatic heterocycles. The van der Waals surface area contributed by atoms with E-state index in [0.29, 0.717) is 50.9 Å². The minimum absolute atomic E-state index is 0.237. The Hall–Kier alpha value is -4.30. The number of thioether (sulfide) groups is 2. The molecule has 0 aliphatic carbocycles. The molecule has 6 rings (SSSR count). The van der Waals surface area contributed by atoms with Gasteiger partial charge in [-0.3, -0.25) is 18.7 Å². The predicted molar refractivity (Wildman–Crippen MR) is 216 cm³/mol. The Morgan fingerprint density at radius 2 is 1.07 bits per heavy atom. The van der Waals surface area contributed by atoms with Crippen molar-refractivity contribution in [3.63, 3.8) is 0 Å². The second-order valence-electron chi connectivity index (χ2n) is 14.2. The molecular formula is C43H48F4N2O6S2. The van der Waals surface area contributed by atoms with Crippen molar-refractivity contribution < 1.29 is 37.0 Å². The zero-order chi connectivity index (χ0) is 41.2. The number of aliphatic carboxylic acids is 1. The molecule has 4 heterocycles. The number of carboxylic acids is 1. The van der Waals surface area contributed by atoms with Gasteiger partial charge in [0, 0.05) is 34.8 Å². The molecule has 0 amide bonds. The van der Waals surface area contributed by atoms with Crippen molar-refractivity contribution in [3.05, 3.63) is 104 Å². The first kappa shape index (κ1) is 43.8. The van der Waals surface area contributed by atoms with Crippen LogP contribution in [0.3, 0.4) is 0 Å². The average molecular weight is 829 g/mol. The largest absolute Gasteiger partial charge is 0.480 e. The van der Waals surface area contributed by atoms with Crippen LogP contribution in [0.2, 0.25) is 0 Å². The highest BCUT2D eigenvalue weighted by atomic mass is 32.2. The van der Waals surface area contributed by atoms with Crippen molar-refractivity contribution in [2.45, 2.75) is 113 Å². The summed E-state index contributed by atoms with van der Waals surface area (Å²) in [6.45, 7) is 4.29. The van der Waals surface area contributed by atoms with Gasteiger partial charge in [0.2, 0.25) is 0 Å². The van der Waals surface area contributed by atoms with Gasteiger partial charge in [-0.1, -0.05) is 77.3 Å². The normalized spacial score (nSPS) is 15.5. The third-order valence-electron chi connectivity index (χ3n) is 10.2. The summed E-state index contributed by atoms with van der Waals surface area (Å²) in [5, 5.41) is 10.6. The maximum absolute atomic E-state index is 14.0. The minimum Gasteiger partial charge on any atom is -0.480 e. The minimum atomic E-state index is -1.07. The molecule has 2 aliphatic rings. The van der Waals surface area contributed by atoms with E-state index < -0.39 is 47.3 Å². The Morgan fingerprint density at radius 1 is 0.649 bits per heavy atom. The van der Waals surface area contributed by atoms with Crippen LogP contribution in [0.4, 0.5) is 17.6 Å². The summed E-state index contributed by atoms with van der Waals surface area (Å²) in [7, 11) is 1.29. The van der Waals surface area contributed by atoms with Gasteiger partial charge < -0.3 is 9.84 Å². The quantitative estimate of drug-likeness (QED) is 0.0676. The third kappa shape index (κ3) is 10.2. The molecule has 0 spiro atoms. The standard InChI is InChI=1S/C22H25F2NO3S.C21H23F2NO3S/c1-3-4-5-6-7-8-14-12-19(26)25-18(22(27)28-2)13-29-21(25)20(14)15-9-10-16(23)17(24)11-15;1-2-3-4-5-6-7-13-11-18(25)24-17(21(26)27)12-28-20(24)19(13)14-8-9-15(22)16(23)10-14/h9-12,18H,3-8,13H2,1-2H3;8-11,17H,2-7,12H2,1H3,(H,26,27)/t18-;17-/m11/s1. The molecule has 0 radical (unpaired) electrons. The van der Waals surface area contributed by atoms with E-state index >= 15 is 0 Å². The van der Waals surface area contributed by atoms with Crippen molar-refractivity contribution in [2.75, 3.05) is 18.6 Å². The van der Waals surface area contributed by atoms with Gasteiger partial charge in [0.05, 0.1) is 17.2 Å². The maximum atomic E-state index is 14.0. The second-order valence-corrected chi connectivity index (χ2v) is 16.2. The number of rotatable bonds is 16. The fraction of sp³-hybridized carbons (Fsp3) is 0.442. The number of carbonyl (C=O) groups is 2. The van der Waals surface area contributed by atoms with Gasteiger partial charge in [0.1, 0.15) is 12.1 Å². The van der Waals surface area contributed by atoms with Crippen LogP contribution in [0.25, 0.3) is 22.3 Å². The zero-order valence-electron chi connectivity index (χ0n) is 32.4. The van der Waals surface area contributed by atoms with Crippen LogP contribution >= 0.6 is 23.5 Å². The molecular weight excluding hydrogens is 781 g/mol. The molecule has 1 N–H and O–H groups in total. The lowest BCUT2D eigenvalue weighted by molar-refractivity contribution is -0.144. The molecule has 0 unspecified atom stereocenters. The maximum Gasteiger partial charge on any atom is 0.329 e. The van der Waals surface area contributed by atoms with E-state index in [1.165, 1.54) is 70.5 Å². The number of pyridine rings is 2. The molecule has 0 saturated heterocycles. The zero-order valence-corrected chi connectivity index (χ0v) is 34.0. The lowest BCUT2D eigenvalue weighted by Crippen LogP contribution is -2.30. The molecule has 0 saturated carbocycles. The highest BCUT2D eigenvalue weighted by Crippen LogP contribution is 2.43. The number of hydrogen-bond donors (Lipinski definition) is 1. The number of carbonyl (C=O) groups excluding carboxylic acids is 1. The number of fused-ring (bicyclic) bond motifs is 2. The van der Waals surface area contributed by atoms with Gasteiger partial charge >= 0.3 is 11.9 Å². The molecule has 2 aromatic heterocycles. The summed E-state index contributed by atoms with van der Waals surface area (Å²) in [5.41, 5.74) is 3.26. The molecule has 8 nitrogen and oxygen atoms in total. The molecule has 0 fully saturated rings. The lowest BCUT2D eigenvalue weighted by atomic mass is 9.96. The van der Waals surface area contributed by atoms with Gasteiger partial charge in [0.25, 0.3) is 11.1 Å². The smallest absolute Gasteiger partial charge is 0.329 e. The number of methoxy groups -OCH3 is 1. The lowest BCUT2D eigenvalue weighted by Gasteiger charge is -2.17. The number of carboxylic acid groups (broad SMARTS) is 1. The summed E-state index contributed by atoms with van der Waals surface area (Å²) in [6, 6.07) is 8.75. The van der Waals surface area contributed by atoms with Gasteiger partial charge in [-0.2, -0.15) is 0 Å². The summed E-state index contributed by atoms with van der Waals surface area (Å²) in [6.07, 6.45) is 12.0. The third-order valence-corrected chi connectivity index (χ3v) is 12.5. The Balaban J connectivity index is 0.000000218. The Kier molecular flexibility index (Phi) is 15.7. The monoisotopic (exact) mass is 828 g/mol. The molecule has 14 heteroatoms. The number of esters is 1. The van der Waals surface area contributed by atoms with Crippen LogP contribution in [0, 0.1) is 23.3 Å². The first-order valence-corrected chi connectivity index (χ1v) is 21.4. The number of halogens is 4. The van der Waals surface area contributed by atoms with Crippen LogP contribution in [-0.4, -0.2) is 44.8 Å². The average Bonchev–Trinajstić information content (AvgIpc) is 3.84. The Labute approximate surface area is 338 Å². The number of aromatic nitrogens is 2. The predicted octanol–water partition coefficient (Wildman–Crippen LogP) is 10.2. The first-order chi connectivity index (χ1) is 27.4. The molecule has 2 aromatic carbocycles. The van der Waals surface area contributed by atoms with Gasteiger partial charge in [-0.15, -0.1) is 23.5 Å². The van der Waals surface area contributed by atoms with Gasteiger partial charge in [-0.05, 0) is 72.2 Å². The second kappa shape index (κ2) is 20.4. The van der Waals surface area contributed by atoms with Gasteiger partial charge in [-0.25, -0.2) is 27.2 Å². The fourth-order valence-electron chi connectivity index (χ4n) is 7.28. The first-order valence-electron chi connectivity index (χ1n) is 19.5.